The Morgan fingerprint density at radius 3 is 2.68 bits per heavy atom. The molecular weight excluding hydrogens is 319 g/mol. The van der Waals surface area contributed by atoms with Crippen molar-refractivity contribution in [1.82, 2.24) is 4.90 Å². The summed E-state index contributed by atoms with van der Waals surface area (Å²) in [4.78, 5) is 17.5. The monoisotopic (exact) mass is 346 g/mol. The van der Waals surface area contributed by atoms with Gasteiger partial charge in [-0.05, 0) is 63.1 Å². The molecule has 2 saturated heterocycles. The van der Waals surface area contributed by atoms with E-state index in [-0.39, 0.29) is 23.2 Å². The molecule has 1 aliphatic carbocycles. The van der Waals surface area contributed by atoms with Gasteiger partial charge < -0.3 is 14.9 Å². The van der Waals surface area contributed by atoms with E-state index in [1.54, 1.807) is 12.1 Å². The molecule has 2 aliphatic heterocycles. The highest BCUT2D eigenvalue weighted by atomic mass is 19.1. The maximum Gasteiger partial charge on any atom is 0.230 e. The van der Waals surface area contributed by atoms with Crippen molar-refractivity contribution < 1.29 is 14.3 Å². The van der Waals surface area contributed by atoms with E-state index in [0.717, 1.165) is 63.7 Å². The molecular formula is C20H27FN2O2. The van der Waals surface area contributed by atoms with Crippen LogP contribution >= 0.6 is 0 Å². The van der Waals surface area contributed by atoms with Crippen LogP contribution in [-0.4, -0.2) is 47.7 Å². The van der Waals surface area contributed by atoms with Gasteiger partial charge >= 0.3 is 0 Å². The SMILES string of the molecule is O=C1N(C2CCC(O)CC2)CC[C@]12CCCN(c1cccc(F)c1)C2. The van der Waals surface area contributed by atoms with Crippen molar-refractivity contribution in [1.29, 1.82) is 0 Å². The molecule has 1 N–H and O–H groups in total. The van der Waals surface area contributed by atoms with E-state index in [4.69, 9.17) is 0 Å². The number of aliphatic hydroxyl groups is 1. The van der Waals surface area contributed by atoms with Gasteiger partial charge in [0.15, 0.2) is 0 Å². The molecule has 0 aromatic heterocycles. The molecule has 1 saturated carbocycles. The number of carbonyl (C=O) groups is 1. The maximum absolute atomic E-state index is 13.6. The lowest BCUT2D eigenvalue weighted by Gasteiger charge is -2.41. The first-order chi connectivity index (χ1) is 12.1. The van der Waals surface area contributed by atoms with E-state index >= 15 is 0 Å². The average molecular weight is 346 g/mol. The summed E-state index contributed by atoms with van der Waals surface area (Å²) < 4.78 is 13.6. The van der Waals surface area contributed by atoms with E-state index in [1.165, 1.54) is 6.07 Å². The molecule has 5 heteroatoms. The Balaban J connectivity index is 1.49. The van der Waals surface area contributed by atoms with Crippen LogP contribution in [0.3, 0.4) is 0 Å². The topological polar surface area (TPSA) is 43.8 Å². The number of hydrogen-bond donors (Lipinski definition) is 1. The van der Waals surface area contributed by atoms with Crippen LogP contribution in [0, 0.1) is 11.2 Å². The minimum absolute atomic E-state index is 0.193. The summed E-state index contributed by atoms with van der Waals surface area (Å²) in [5.74, 6) is 0.0623. The van der Waals surface area contributed by atoms with Crippen LogP contribution in [0.15, 0.2) is 24.3 Å². The summed E-state index contributed by atoms with van der Waals surface area (Å²) in [6.07, 6.45) is 6.04. The lowest BCUT2D eigenvalue weighted by atomic mass is 9.78. The van der Waals surface area contributed by atoms with Crippen molar-refractivity contribution in [2.75, 3.05) is 24.5 Å². The fourth-order valence-corrected chi connectivity index (χ4v) is 4.97. The summed E-state index contributed by atoms with van der Waals surface area (Å²) >= 11 is 0. The lowest BCUT2D eigenvalue weighted by Crippen LogP contribution is -2.50. The molecule has 4 nitrogen and oxygen atoms in total. The highest BCUT2D eigenvalue weighted by Gasteiger charge is 2.50. The van der Waals surface area contributed by atoms with E-state index in [1.807, 2.05) is 6.07 Å². The molecule has 25 heavy (non-hydrogen) atoms. The van der Waals surface area contributed by atoms with Crippen molar-refractivity contribution >= 4 is 11.6 Å². The van der Waals surface area contributed by atoms with Crippen LogP contribution < -0.4 is 4.90 Å². The number of likely N-dealkylation sites (tertiary alicyclic amines) is 1. The number of piperidine rings is 1. The van der Waals surface area contributed by atoms with Gasteiger partial charge in [0.05, 0.1) is 11.5 Å². The zero-order valence-electron chi connectivity index (χ0n) is 14.7. The number of benzene rings is 1. The number of aliphatic hydroxyl groups excluding tert-OH is 1. The van der Waals surface area contributed by atoms with Crippen molar-refractivity contribution in [3.63, 3.8) is 0 Å². The van der Waals surface area contributed by atoms with Crippen molar-refractivity contribution in [2.45, 2.75) is 57.1 Å². The molecule has 3 aliphatic rings. The summed E-state index contributed by atoms with van der Waals surface area (Å²) in [5.41, 5.74) is 0.576. The third-order valence-corrected chi connectivity index (χ3v) is 6.40. The molecule has 0 bridgehead atoms. The van der Waals surface area contributed by atoms with E-state index in [2.05, 4.69) is 9.80 Å². The number of amides is 1. The molecule has 3 fully saturated rings. The number of nitrogens with zero attached hydrogens (tertiary/aromatic N) is 2. The molecule has 2 heterocycles. The largest absolute Gasteiger partial charge is 0.393 e. The second-order valence-electron chi connectivity index (χ2n) is 8.00. The van der Waals surface area contributed by atoms with Crippen LogP contribution in [0.5, 0.6) is 0 Å². The highest BCUT2D eigenvalue weighted by Crippen LogP contribution is 2.43. The smallest absolute Gasteiger partial charge is 0.230 e. The van der Waals surface area contributed by atoms with Crippen molar-refractivity contribution in [2.24, 2.45) is 5.41 Å². The van der Waals surface area contributed by atoms with Crippen LogP contribution in [0.25, 0.3) is 0 Å². The van der Waals surface area contributed by atoms with Crippen LogP contribution in [0.4, 0.5) is 10.1 Å². The first-order valence-corrected chi connectivity index (χ1v) is 9.57. The summed E-state index contributed by atoms with van der Waals surface area (Å²) in [5, 5.41) is 9.72. The van der Waals surface area contributed by atoms with Gasteiger partial charge in [-0.3, -0.25) is 4.79 Å². The Hall–Kier alpha value is -1.62. The van der Waals surface area contributed by atoms with Gasteiger partial charge in [0.25, 0.3) is 0 Å². The second kappa shape index (κ2) is 6.60. The Kier molecular flexibility index (Phi) is 4.44. The first kappa shape index (κ1) is 16.8. The summed E-state index contributed by atoms with van der Waals surface area (Å²) in [6.45, 7) is 2.41. The normalized spacial score (nSPS) is 33.3. The zero-order valence-corrected chi connectivity index (χ0v) is 14.7. The molecule has 136 valence electrons. The maximum atomic E-state index is 13.6. The number of hydrogen-bond acceptors (Lipinski definition) is 3. The molecule has 0 radical (unpaired) electrons. The molecule has 1 atom stereocenters. The van der Waals surface area contributed by atoms with Gasteiger partial charge in [0.2, 0.25) is 5.91 Å². The van der Waals surface area contributed by atoms with Gasteiger partial charge in [0.1, 0.15) is 5.82 Å². The molecule has 4 rings (SSSR count). The summed E-state index contributed by atoms with van der Waals surface area (Å²) in [6, 6.07) is 6.99. The van der Waals surface area contributed by atoms with Gasteiger partial charge in [0, 0.05) is 31.4 Å². The molecule has 1 aromatic rings. The molecule has 1 spiro atoms. The van der Waals surface area contributed by atoms with E-state index in [9.17, 15) is 14.3 Å². The van der Waals surface area contributed by atoms with E-state index < -0.39 is 0 Å². The third kappa shape index (κ3) is 3.14. The fourth-order valence-electron chi connectivity index (χ4n) is 4.97. The highest BCUT2D eigenvalue weighted by molar-refractivity contribution is 5.86. The molecule has 1 aromatic carbocycles. The minimum atomic E-state index is -0.305. The first-order valence-electron chi connectivity index (χ1n) is 9.57. The second-order valence-corrected chi connectivity index (χ2v) is 8.00. The van der Waals surface area contributed by atoms with Gasteiger partial charge in [-0.2, -0.15) is 0 Å². The van der Waals surface area contributed by atoms with Crippen molar-refractivity contribution in [3.05, 3.63) is 30.1 Å². The van der Waals surface area contributed by atoms with Crippen LogP contribution in [0.2, 0.25) is 0 Å². The predicted molar refractivity (Wildman–Crippen MR) is 94.9 cm³/mol. The van der Waals surface area contributed by atoms with E-state index in [0.29, 0.717) is 12.6 Å². The summed E-state index contributed by atoms with van der Waals surface area (Å²) in [7, 11) is 0. The fraction of sp³-hybridized carbons (Fsp3) is 0.650. The lowest BCUT2D eigenvalue weighted by molar-refractivity contribution is -0.139. The standard InChI is InChI=1S/C20H27FN2O2/c21-15-3-1-4-17(13-15)22-11-2-9-20(14-22)10-12-23(19(20)25)16-5-7-18(24)8-6-16/h1,3-4,13,16,18,24H,2,5-12,14H2/t16?,18?,20-/m0/s1. The minimum Gasteiger partial charge on any atom is -0.393 e. The van der Waals surface area contributed by atoms with Crippen LogP contribution in [-0.2, 0) is 4.79 Å². The average Bonchev–Trinajstić information content (AvgIpc) is 2.92. The third-order valence-electron chi connectivity index (χ3n) is 6.40. The van der Waals surface area contributed by atoms with Gasteiger partial charge in [-0.25, -0.2) is 4.39 Å². The number of carbonyl (C=O) groups excluding carboxylic acids is 1. The number of halogens is 1. The zero-order chi connectivity index (χ0) is 17.4. The Bertz CT molecular complexity index is 644. The quantitative estimate of drug-likeness (QED) is 0.895. The Morgan fingerprint density at radius 1 is 1.12 bits per heavy atom. The Labute approximate surface area is 148 Å². The number of rotatable bonds is 2. The predicted octanol–water partition coefficient (Wildman–Crippen LogP) is 2.95. The Morgan fingerprint density at radius 2 is 1.92 bits per heavy atom. The molecule has 0 unspecified atom stereocenters. The van der Waals surface area contributed by atoms with Gasteiger partial charge in [-0.1, -0.05) is 6.07 Å². The van der Waals surface area contributed by atoms with Crippen molar-refractivity contribution in [3.8, 4) is 0 Å². The van der Waals surface area contributed by atoms with Crippen LogP contribution in [0.1, 0.15) is 44.9 Å². The van der Waals surface area contributed by atoms with Gasteiger partial charge in [-0.15, -0.1) is 0 Å². The number of anilines is 1. The molecule has 1 amide bonds.